The zero-order valence-corrected chi connectivity index (χ0v) is 16.1. The van der Waals surface area contributed by atoms with Gasteiger partial charge >= 0.3 is 0 Å². The fraction of sp³-hybridized carbons (Fsp3) is 0.286. The van der Waals surface area contributed by atoms with Crippen molar-refractivity contribution in [3.05, 3.63) is 59.2 Å². The molecule has 2 amide bonds. The van der Waals surface area contributed by atoms with Crippen LogP contribution >= 0.6 is 0 Å². The summed E-state index contributed by atoms with van der Waals surface area (Å²) in [6, 6.07) is 13.1. The Bertz CT molecular complexity index is 822. The van der Waals surface area contributed by atoms with Crippen molar-refractivity contribution >= 4 is 23.2 Å². The number of carbonyl (C=O) groups is 2. The van der Waals surface area contributed by atoms with Gasteiger partial charge in [0.1, 0.15) is 5.75 Å². The molecule has 2 N–H and O–H groups in total. The van der Waals surface area contributed by atoms with Crippen LogP contribution in [0.4, 0.5) is 5.69 Å². The van der Waals surface area contributed by atoms with Crippen molar-refractivity contribution < 1.29 is 14.3 Å². The number of rotatable bonds is 7. The first kappa shape index (κ1) is 20.2. The van der Waals surface area contributed by atoms with Gasteiger partial charge in [-0.05, 0) is 51.0 Å². The molecule has 0 radical (unpaired) electrons. The molecule has 27 heavy (non-hydrogen) atoms. The van der Waals surface area contributed by atoms with Gasteiger partial charge in [0, 0.05) is 11.4 Å². The monoisotopic (exact) mass is 367 g/mol. The first-order valence-corrected chi connectivity index (χ1v) is 8.72. The minimum Gasteiger partial charge on any atom is -0.484 e. The summed E-state index contributed by atoms with van der Waals surface area (Å²) in [5.74, 6) is 0.0430. The van der Waals surface area contributed by atoms with Gasteiger partial charge in [0.05, 0.1) is 6.42 Å². The van der Waals surface area contributed by atoms with E-state index in [1.807, 2.05) is 51.1 Å². The SMILES string of the molecule is C/C(CC(=O)Nc1c(C)cc(C)cc1C)=N\NC(=O)COc1ccccc1. The smallest absolute Gasteiger partial charge is 0.277 e. The predicted molar refractivity (Wildman–Crippen MR) is 107 cm³/mol. The van der Waals surface area contributed by atoms with Gasteiger partial charge in [-0.15, -0.1) is 0 Å². The lowest BCUT2D eigenvalue weighted by Crippen LogP contribution is -2.26. The van der Waals surface area contributed by atoms with Crippen molar-refractivity contribution in [2.24, 2.45) is 5.10 Å². The zero-order chi connectivity index (χ0) is 19.8. The Labute approximate surface area is 159 Å². The number of hydrogen-bond acceptors (Lipinski definition) is 4. The van der Waals surface area contributed by atoms with E-state index in [1.165, 1.54) is 0 Å². The topological polar surface area (TPSA) is 79.8 Å². The van der Waals surface area contributed by atoms with E-state index in [9.17, 15) is 9.59 Å². The molecule has 0 unspecified atom stereocenters. The largest absolute Gasteiger partial charge is 0.484 e. The molecule has 0 fully saturated rings. The molecule has 6 heteroatoms. The minimum atomic E-state index is -0.385. The van der Waals surface area contributed by atoms with Crippen LogP contribution in [-0.2, 0) is 9.59 Å². The Morgan fingerprint density at radius 2 is 1.63 bits per heavy atom. The Kier molecular flexibility index (Phi) is 7.11. The molecule has 0 aliphatic heterocycles. The summed E-state index contributed by atoms with van der Waals surface area (Å²) in [5.41, 5.74) is 6.90. The molecular formula is C21H25N3O3. The summed E-state index contributed by atoms with van der Waals surface area (Å²) < 4.78 is 5.34. The molecule has 0 saturated heterocycles. The van der Waals surface area contributed by atoms with Crippen LogP contribution in [0, 0.1) is 20.8 Å². The molecule has 2 aromatic rings. The number of hydrazone groups is 1. The van der Waals surface area contributed by atoms with Gasteiger partial charge in [-0.3, -0.25) is 9.59 Å². The van der Waals surface area contributed by atoms with Crippen LogP contribution in [0.15, 0.2) is 47.6 Å². The van der Waals surface area contributed by atoms with E-state index in [0.717, 1.165) is 22.4 Å². The summed E-state index contributed by atoms with van der Waals surface area (Å²) in [5, 5.41) is 6.87. The normalized spacial score (nSPS) is 11.0. The summed E-state index contributed by atoms with van der Waals surface area (Å²) in [6.07, 6.45) is 0.0899. The molecule has 0 aromatic heterocycles. The number of ether oxygens (including phenoxy) is 1. The second kappa shape index (κ2) is 9.52. The maximum absolute atomic E-state index is 12.2. The van der Waals surface area contributed by atoms with Crippen molar-refractivity contribution in [2.75, 3.05) is 11.9 Å². The summed E-state index contributed by atoms with van der Waals surface area (Å²) >= 11 is 0. The number of nitrogens with one attached hydrogen (secondary N) is 2. The van der Waals surface area contributed by atoms with Crippen LogP contribution in [0.5, 0.6) is 5.75 Å². The average molecular weight is 367 g/mol. The van der Waals surface area contributed by atoms with E-state index in [1.54, 1.807) is 19.1 Å². The van der Waals surface area contributed by atoms with Gasteiger partial charge in [0.15, 0.2) is 6.61 Å². The maximum atomic E-state index is 12.2. The highest BCUT2D eigenvalue weighted by molar-refractivity contribution is 6.06. The lowest BCUT2D eigenvalue weighted by atomic mass is 10.0. The van der Waals surface area contributed by atoms with Gasteiger partial charge in [0.25, 0.3) is 5.91 Å². The van der Waals surface area contributed by atoms with Gasteiger partial charge in [-0.25, -0.2) is 5.43 Å². The van der Waals surface area contributed by atoms with E-state index in [-0.39, 0.29) is 24.8 Å². The average Bonchev–Trinajstić information content (AvgIpc) is 2.62. The van der Waals surface area contributed by atoms with Gasteiger partial charge < -0.3 is 10.1 Å². The van der Waals surface area contributed by atoms with Gasteiger partial charge in [0.2, 0.25) is 5.91 Å². The van der Waals surface area contributed by atoms with Crippen LogP contribution < -0.4 is 15.5 Å². The molecule has 2 rings (SSSR count). The first-order valence-electron chi connectivity index (χ1n) is 8.72. The number of carbonyl (C=O) groups excluding carboxylic acids is 2. The molecule has 0 saturated carbocycles. The molecule has 0 aliphatic rings. The number of anilines is 1. The summed E-state index contributed by atoms with van der Waals surface area (Å²) in [4.78, 5) is 24.0. The summed E-state index contributed by atoms with van der Waals surface area (Å²) in [7, 11) is 0. The van der Waals surface area contributed by atoms with Crippen molar-refractivity contribution in [3.8, 4) is 5.75 Å². The quantitative estimate of drug-likeness (QED) is 0.580. The molecular weight excluding hydrogens is 342 g/mol. The number of aryl methyl sites for hydroxylation is 3. The molecule has 2 aromatic carbocycles. The number of nitrogens with zero attached hydrogens (tertiary/aromatic N) is 1. The number of hydrogen-bond donors (Lipinski definition) is 2. The molecule has 142 valence electrons. The van der Waals surface area contributed by atoms with Crippen molar-refractivity contribution in [1.29, 1.82) is 0 Å². The maximum Gasteiger partial charge on any atom is 0.277 e. The Morgan fingerprint density at radius 1 is 1.00 bits per heavy atom. The number of para-hydroxylation sites is 1. The lowest BCUT2D eigenvalue weighted by molar-refractivity contribution is -0.123. The minimum absolute atomic E-state index is 0.0899. The molecule has 0 heterocycles. The third-order valence-corrected chi connectivity index (χ3v) is 3.84. The van der Waals surface area contributed by atoms with Crippen molar-refractivity contribution in [1.82, 2.24) is 5.43 Å². The first-order chi connectivity index (χ1) is 12.8. The molecule has 0 spiro atoms. The lowest BCUT2D eigenvalue weighted by Gasteiger charge is -2.12. The highest BCUT2D eigenvalue weighted by Gasteiger charge is 2.10. The molecule has 6 nitrogen and oxygen atoms in total. The predicted octanol–water partition coefficient (Wildman–Crippen LogP) is 3.51. The Balaban J connectivity index is 1.82. The molecule has 0 aliphatic carbocycles. The Morgan fingerprint density at radius 3 is 2.26 bits per heavy atom. The van der Waals surface area contributed by atoms with E-state index in [4.69, 9.17) is 4.74 Å². The zero-order valence-electron chi connectivity index (χ0n) is 16.1. The van der Waals surface area contributed by atoms with Gasteiger partial charge in [-0.2, -0.15) is 5.10 Å². The van der Waals surface area contributed by atoms with Crippen LogP contribution in [0.2, 0.25) is 0 Å². The van der Waals surface area contributed by atoms with Crippen LogP contribution in [0.25, 0.3) is 0 Å². The van der Waals surface area contributed by atoms with E-state index in [0.29, 0.717) is 11.5 Å². The summed E-state index contributed by atoms with van der Waals surface area (Å²) in [6.45, 7) is 7.49. The fourth-order valence-corrected chi connectivity index (χ4v) is 2.69. The van der Waals surface area contributed by atoms with Crippen LogP contribution in [-0.4, -0.2) is 24.1 Å². The van der Waals surface area contributed by atoms with Crippen molar-refractivity contribution in [3.63, 3.8) is 0 Å². The van der Waals surface area contributed by atoms with Crippen LogP contribution in [0.1, 0.15) is 30.0 Å². The van der Waals surface area contributed by atoms with Crippen molar-refractivity contribution in [2.45, 2.75) is 34.1 Å². The second-order valence-electron chi connectivity index (χ2n) is 6.48. The third-order valence-electron chi connectivity index (χ3n) is 3.84. The van der Waals surface area contributed by atoms with Crippen LogP contribution in [0.3, 0.4) is 0 Å². The van der Waals surface area contributed by atoms with E-state index in [2.05, 4.69) is 15.8 Å². The number of benzene rings is 2. The standard InChI is InChI=1S/C21H25N3O3/c1-14-10-15(2)21(16(3)11-14)22-19(25)12-17(4)23-24-20(26)13-27-18-8-6-5-7-9-18/h5-11H,12-13H2,1-4H3,(H,22,25)(H,24,26)/b23-17+. The highest BCUT2D eigenvalue weighted by atomic mass is 16.5. The van der Waals surface area contributed by atoms with E-state index < -0.39 is 0 Å². The highest BCUT2D eigenvalue weighted by Crippen LogP contribution is 2.22. The number of amides is 2. The third kappa shape index (κ3) is 6.58. The second-order valence-corrected chi connectivity index (χ2v) is 6.48. The fourth-order valence-electron chi connectivity index (χ4n) is 2.69. The van der Waals surface area contributed by atoms with E-state index >= 15 is 0 Å². The Hall–Kier alpha value is -3.15. The molecule has 0 atom stereocenters. The molecule has 0 bridgehead atoms. The van der Waals surface area contributed by atoms with Gasteiger partial charge in [-0.1, -0.05) is 35.9 Å².